The molecule has 11 nitrogen and oxygen atoms in total. The topological polar surface area (TPSA) is 153 Å². The van der Waals surface area contributed by atoms with Gasteiger partial charge in [0.1, 0.15) is 12.6 Å². The van der Waals surface area contributed by atoms with Crippen molar-refractivity contribution in [1.29, 1.82) is 0 Å². The van der Waals surface area contributed by atoms with Crippen molar-refractivity contribution in [1.82, 2.24) is 19.4 Å². The maximum atomic E-state index is 14.2. The number of aliphatic hydroxyl groups excluding tert-OH is 1. The van der Waals surface area contributed by atoms with E-state index >= 15 is 0 Å². The van der Waals surface area contributed by atoms with Gasteiger partial charge in [-0.3, -0.25) is 14.5 Å². The van der Waals surface area contributed by atoms with Crippen molar-refractivity contribution in [2.45, 2.75) is 63.7 Å². The number of rotatable bonds is 15. The average Bonchev–Trinajstić information content (AvgIpc) is 3.36. The molecule has 5 rings (SSSR count). The van der Waals surface area contributed by atoms with Gasteiger partial charge in [0.2, 0.25) is 15.9 Å². The molecule has 0 aromatic heterocycles. The van der Waals surface area contributed by atoms with E-state index in [4.69, 9.17) is 17.3 Å². The smallest absolute Gasteiger partial charge is 0.328 e. The average molecular weight is 748 g/mol. The largest absolute Gasteiger partial charge is 0.397 e. The summed E-state index contributed by atoms with van der Waals surface area (Å²) in [4.78, 5) is 43.6. The number of halogens is 1. The number of nitrogen functional groups attached to an aromatic ring is 1. The van der Waals surface area contributed by atoms with E-state index < -0.39 is 52.0 Å². The molecule has 1 aliphatic heterocycles. The number of benzene rings is 4. The third kappa shape index (κ3) is 8.92. The molecule has 0 bridgehead atoms. The molecule has 4 amide bonds. The Morgan fingerprint density at radius 3 is 2.23 bits per heavy atom. The zero-order valence-corrected chi connectivity index (χ0v) is 31.3. The minimum atomic E-state index is -4.14. The molecule has 276 valence electrons. The number of sulfonamides is 1. The van der Waals surface area contributed by atoms with Gasteiger partial charge in [0, 0.05) is 13.1 Å². The fraction of sp³-hybridized carbons (Fsp3) is 0.359. The minimum Gasteiger partial charge on any atom is -0.397 e. The fourth-order valence-corrected chi connectivity index (χ4v) is 8.30. The second-order valence-corrected chi connectivity index (χ2v) is 16.4. The number of anilines is 1. The second-order valence-electron chi connectivity index (χ2n) is 14.0. The summed E-state index contributed by atoms with van der Waals surface area (Å²) in [6.45, 7) is 6.81. The molecule has 1 saturated heterocycles. The Kier molecular flexibility index (Phi) is 12.3. The van der Waals surface area contributed by atoms with Gasteiger partial charge in [-0.05, 0) is 64.4 Å². The number of carbonyl (C=O) groups is 3. The van der Waals surface area contributed by atoms with Crippen LogP contribution >= 0.6 is 11.6 Å². The van der Waals surface area contributed by atoms with Gasteiger partial charge in [-0.15, -0.1) is 0 Å². The molecule has 3 atom stereocenters. The number of aliphatic hydroxyl groups is 1. The van der Waals surface area contributed by atoms with Crippen LogP contribution in [0.2, 0.25) is 5.02 Å². The summed E-state index contributed by atoms with van der Waals surface area (Å²) in [5.74, 6) is -1.49. The van der Waals surface area contributed by atoms with Crippen molar-refractivity contribution in [3.05, 3.63) is 107 Å². The molecule has 13 heteroatoms. The Balaban J connectivity index is 1.38. The molecular formula is C39H46ClN5O6S. The number of nitrogens with zero attached hydrogens (tertiary/aromatic N) is 3. The van der Waals surface area contributed by atoms with Crippen LogP contribution in [0.15, 0.2) is 95.9 Å². The Bertz CT molecular complexity index is 2030. The number of hydrogen-bond donors (Lipinski definition) is 3. The zero-order valence-electron chi connectivity index (χ0n) is 29.8. The van der Waals surface area contributed by atoms with E-state index in [1.807, 2.05) is 86.6 Å². The summed E-state index contributed by atoms with van der Waals surface area (Å²) >= 11 is 6.06. The van der Waals surface area contributed by atoms with Gasteiger partial charge in [-0.1, -0.05) is 106 Å². The quantitative estimate of drug-likeness (QED) is 0.110. The van der Waals surface area contributed by atoms with E-state index in [1.54, 1.807) is 13.8 Å². The molecule has 0 radical (unpaired) electrons. The summed E-state index contributed by atoms with van der Waals surface area (Å²) in [6.07, 6.45) is -1.20. The van der Waals surface area contributed by atoms with Crippen LogP contribution < -0.4 is 11.1 Å². The molecule has 52 heavy (non-hydrogen) atoms. The van der Waals surface area contributed by atoms with Crippen molar-refractivity contribution in [2.75, 3.05) is 25.4 Å². The van der Waals surface area contributed by atoms with E-state index in [2.05, 4.69) is 5.32 Å². The van der Waals surface area contributed by atoms with Gasteiger partial charge < -0.3 is 21.1 Å². The first-order valence-electron chi connectivity index (χ1n) is 17.3. The molecule has 0 spiro atoms. The van der Waals surface area contributed by atoms with E-state index in [1.165, 1.54) is 27.4 Å². The third-order valence-electron chi connectivity index (χ3n) is 9.13. The van der Waals surface area contributed by atoms with Gasteiger partial charge in [0.25, 0.3) is 5.91 Å². The second kappa shape index (κ2) is 16.5. The SMILES string of the molecule is CC(C)CN(C[C@@H](O)[C@H](Cc1ccccc1)NC(=O)C(C(C)C)N1CC(=O)N(Cc2ccc3ccccc3c2)C1=O)S(=O)(=O)c1ccc(Cl)c(N)c1. The lowest BCUT2D eigenvalue weighted by Crippen LogP contribution is -2.57. The molecule has 4 aromatic rings. The molecular weight excluding hydrogens is 702 g/mol. The molecule has 4 N–H and O–H groups in total. The Labute approximate surface area is 310 Å². The van der Waals surface area contributed by atoms with Gasteiger partial charge in [-0.2, -0.15) is 4.31 Å². The highest BCUT2D eigenvalue weighted by molar-refractivity contribution is 7.89. The molecule has 1 unspecified atom stereocenters. The fourth-order valence-electron chi connectivity index (χ4n) is 6.52. The van der Waals surface area contributed by atoms with Crippen molar-refractivity contribution >= 4 is 55.9 Å². The molecule has 1 heterocycles. The van der Waals surface area contributed by atoms with Crippen LogP contribution in [0.25, 0.3) is 10.8 Å². The van der Waals surface area contributed by atoms with Crippen molar-refractivity contribution in [3.8, 4) is 0 Å². The molecule has 1 fully saturated rings. The Morgan fingerprint density at radius 1 is 0.904 bits per heavy atom. The highest BCUT2D eigenvalue weighted by Gasteiger charge is 2.44. The van der Waals surface area contributed by atoms with Crippen LogP contribution in [0.4, 0.5) is 10.5 Å². The van der Waals surface area contributed by atoms with Gasteiger partial charge in [-0.25, -0.2) is 13.2 Å². The van der Waals surface area contributed by atoms with Crippen LogP contribution in [0.3, 0.4) is 0 Å². The summed E-state index contributed by atoms with van der Waals surface area (Å²) in [5.41, 5.74) is 7.61. The number of imide groups is 1. The predicted molar refractivity (Wildman–Crippen MR) is 203 cm³/mol. The number of carbonyl (C=O) groups excluding carboxylic acids is 3. The number of urea groups is 1. The van der Waals surface area contributed by atoms with Crippen molar-refractivity contribution in [2.24, 2.45) is 11.8 Å². The summed E-state index contributed by atoms with van der Waals surface area (Å²) < 4.78 is 28.9. The number of nitrogens with one attached hydrogen (secondary N) is 1. The van der Waals surface area contributed by atoms with Crippen LogP contribution in [-0.2, 0) is 32.6 Å². The van der Waals surface area contributed by atoms with E-state index in [9.17, 15) is 27.9 Å². The number of fused-ring (bicyclic) bond motifs is 1. The van der Waals surface area contributed by atoms with Crippen molar-refractivity contribution in [3.63, 3.8) is 0 Å². The maximum absolute atomic E-state index is 14.2. The summed E-state index contributed by atoms with van der Waals surface area (Å²) in [6, 6.07) is 24.2. The van der Waals surface area contributed by atoms with Crippen LogP contribution in [0.5, 0.6) is 0 Å². The maximum Gasteiger partial charge on any atom is 0.328 e. The highest BCUT2D eigenvalue weighted by Crippen LogP contribution is 2.27. The number of nitrogens with two attached hydrogens (primary N) is 1. The van der Waals surface area contributed by atoms with Gasteiger partial charge in [0.05, 0.1) is 34.3 Å². The number of amides is 4. The minimum absolute atomic E-state index is 0.0558. The third-order valence-corrected chi connectivity index (χ3v) is 11.3. The van der Waals surface area contributed by atoms with Crippen molar-refractivity contribution < 1.29 is 27.9 Å². The summed E-state index contributed by atoms with van der Waals surface area (Å²) in [7, 11) is -4.14. The van der Waals surface area contributed by atoms with Crippen LogP contribution in [-0.4, -0.2) is 83.3 Å². The first kappa shape index (κ1) is 38.7. The molecule has 0 saturated carbocycles. The Morgan fingerprint density at radius 2 is 1.58 bits per heavy atom. The van der Waals surface area contributed by atoms with E-state index in [0.717, 1.165) is 26.8 Å². The normalized spacial score (nSPS) is 15.6. The first-order chi connectivity index (χ1) is 24.6. The number of hydrogen-bond acceptors (Lipinski definition) is 7. The standard InChI is InChI=1S/C39H46ClN5O6S/c1-25(2)21-43(52(50,51)31-16-17-32(40)33(41)20-31)23-35(46)34(19-27-10-6-5-7-11-27)42-38(48)37(26(3)4)45-24-36(47)44(39(45)49)22-28-14-15-29-12-8-9-13-30(29)18-28/h5-18,20,25-26,34-35,37,46H,19,21-24,41H2,1-4H3,(H,42,48)/t34-,35+,37?/m0/s1. The van der Waals surface area contributed by atoms with Gasteiger partial charge >= 0.3 is 6.03 Å². The lowest BCUT2D eigenvalue weighted by atomic mass is 9.97. The first-order valence-corrected chi connectivity index (χ1v) is 19.1. The predicted octanol–water partition coefficient (Wildman–Crippen LogP) is 5.30. The molecule has 0 aliphatic carbocycles. The highest BCUT2D eigenvalue weighted by atomic mass is 35.5. The van der Waals surface area contributed by atoms with Crippen LogP contribution in [0, 0.1) is 11.8 Å². The lowest BCUT2D eigenvalue weighted by molar-refractivity contribution is -0.129. The van der Waals surface area contributed by atoms with Gasteiger partial charge in [0.15, 0.2) is 0 Å². The van der Waals surface area contributed by atoms with E-state index in [0.29, 0.717) is 0 Å². The molecule has 4 aromatic carbocycles. The zero-order chi connectivity index (χ0) is 37.7. The molecule has 1 aliphatic rings. The summed E-state index contributed by atoms with van der Waals surface area (Å²) in [5, 5.41) is 16.9. The lowest BCUT2D eigenvalue weighted by Gasteiger charge is -2.34. The monoisotopic (exact) mass is 747 g/mol. The Hall–Kier alpha value is -4.49. The van der Waals surface area contributed by atoms with E-state index in [-0.39, 0.29) is 54.1 Å². The van der Waals surface area contributed by atoms with Crippen LogP contribution in [0.1, 0.15) is 38.8 Å².